The minimum Gasteiger partial charge on any atom is -0.493 e. The number of carbonyl (C=O) groups is 1. The van der Waals surface area contributed by atoms with Crippen LogP contribution < -0.4 is 9.47 Å². The summed E-state index contributed by atoms with van der Waals surface area (Å²) in [5.41, 5.74) is 0.494. The Morgan fingerprint density at radius 3 is 2.25 bits per heavy atom. The van der Waals surface area contributed by atoms with Gasteiger partial charge in [0.2, 0.25) is 0 Å². The summed E-state index contributed by atoms with van der Waals surface area (Å²) < 4.78 is 54.0. The van der Waals surface area contributed by atoms with Gasteiger partial charge in [0.05, 0.1) is 12.7 Å². The van der Waals surface area contributed by atoms with Crippen LogP contribution in [0.5, 0.6) is 11.5 Å². The molecule has 0 heterocycles. The highest BCUT2D eigenvalue weighted by molar-refractivity contribution is 5.72. The van der Waals surface area contributed by atoms with E-state index in [0.29, 0.717) is 22.6 Å². The summed E-state index contributed by atoms with van der Waals surface area (Å²) in [6, 6.07) is 9.65. The van der Waals surface area contributed by atoms with Gasteiger partial charge in [-0.05, 0) is 42.3 Å². The summed E-state index contributed by atoms with van der Waals surface area (Å²) >= 11 is 0. The van der Waals surface area contributed by atoms with Crippen LogP contribution in [0.3, 0.4) is 0 Å². The topological polar surface area (TPSA) is 65.0 Å². The summed E-state index contributed by atoms with van der Waals surface area (Å²) in [5.74, 6) is -0.274. The quantitative estimate of drug-likeness (QED) is 0.681. The number of halogens is 3. The fourth-order valence-electron chi connectivity index (χ4n) is 2.54. The summed E-state index contributed by atoms with van der Waals surface area (Å²) in [5, 5.41) is 9.21. The van der Waals surface area contributed by atoms with E-state index in [4.69, 9.17) is 14.2 Å². The van der Waals surface area contributed by atoms with E-state index in [1.54, 1.807) is 25.1 Å². The Hall–Kier alpha value is -2.74. The lowest BCUT2D eigenvalue weighted by Crippen LogP contribution is -2.26. The first kappa shape index (κ1) is 21.6. The molecule has 0 aliphatic heterocycles. The van der Waals surface area contributed by atoms with E-state index in [2.05, 4.69) is 0 Å². The van der Waals surface area contributed by atoms with E-state index in [9.17, 15) is 23.1 Å². The number of carboxylic acid groups (broad SMARTS) is 1. The summed E-state index contributed by atoms with van der Waals surface area (Å²) in [7, 11) is 1.46. The van der Waals surface area contributed by atoms with Gasteiger partial charge in [-0.25, -0.2) is 4.79 Å². The number of carboxylic acids is 1. The highest BCUT2D eigenvalue weighted by Gasteiger charge is 2.29. The molecule has 152 valence electrons. The van der Waals surface area contributed by atoms with E-state index in [1.807, 2.05) is 0 Å². The molecule has 2 aromatic carbocycles. The standard InChI is InChI=1S/C20H21F3O5/c1-3-27-18(19(24)25)11-14-6-9-16(26-2)17(10-14)28-12-13-4-7-15(8-5-13)20(21,22)23/h4-10,18H,3,11-12H2,1-2H3,(H,24,25). The van der Waals surface area contributed by atoms with Gasteiger partial charge < -0.3 is 19.3 Å². The van der Waals surface area contributed by atoms with Crippen LogP contribution in [0.25, 0.3) is 0 Å². The van der Waals surface area contributed by atoms with Gasteiger partial charge in [-0.1, -0.05) is 18.2 Å². The number of benzene rings is 2. The number of hydrogen-bond acceptors (Lipinski definition) is 4. The molecule has 1 N–H and O–H groups in total. The molecule has 2 rings (SSSR count). The molecule has 0 radical (unpaired) electrons. The molecule has 8 heteroatoms. The van der Waals surface area contributed by atoms with Crippen molar-refractivity contribution in [3.05, 3.63) is 59.2 Å². The second-order valence-corrected chi connectivity index (χ2v) is 5.95. The molecular weight excluding hydrogens is 377 g/mol. The maximum atomic E-state index is 12.6. The SMILES string of the molecule is CCOC(Cc1ccc(OC)c(OCc2ccc(C(F)(F)F)cc2)c1)C(=O)O. The number of rotatable bonds is 9. The van der Waals surface area contributed by atoms with Crippen molar-refractivity contribution in [1.29, 1.82) is 0 Å². The molecule has 1 unspecified atom stereocenters. The molecule has 1 atom stereocenters. The summed E-state index contributed by atoms with van der Waals surface area (Å²) in [6.45, 7) is 2.01. The highest BCUT2D eigenvalue weighted by Crippen LogP contribution is 2.31. The van der Waals surface area contributed by atoms with Crippen molar-refractivity contribution in [2.45, 2.75) is 32.2 Å². The first-order chi connectivity index (χ1) is 13.2. The van der Waals surface area contributed by atoms with Crippen LogP contribution in [0.1, 0.15) is 23.6 Å². The van der Waals surface area contributed by atoms with E-state index in [-0.39, 0.29) is 19.6 Å². The Morgan fingerprint density at radius 2 is 1.71 bits per heavy atom. The van der Waals surface area contributed by atoms with Crippen molar-refractivity contribution >= 4 is 5.97 Å². The van der Waals surface area contributed by atoms with Crippen molar-refractivity contribution in [3.8, 4) is 11.5 Å². The first-order valence-corrected chi connectivity index (χ1v) is 8.54. The zero-order chi connectivity index (χ0) is 20.7. The largest absolute Gasteiger partial charge is 0.493 e. The minimum atomic E-state index is -4.39. The fourth-order valence-corrected chi connectivity index (χ4v) is 2.54. The average Bonchev–Trinajstić information content (AvgIpc) is 2.65. The van der Waals surface area contributed by atoms with Crippen molar-refractivity contribution < 1.29 is 37.3 Å². The second kappa shape index (κ2) is 9.45. The molecule has 28 heavy (non-hydrogen) atoms. The van der Waals surface area contributed by atoms with Gasteiger partial charge in [0, 0.05) is 13.0 Å². The molecule has 0 saturated heterocycles. The van der Waals surface area contributed by atoms with Crippen molar-refractivity contribution in [2.24, 2.45) is 0 Å². The molecule has 0 aliphatic carbocycles. The van der Waals surface area contributed by atoms with Gasteiger partial charge in [-0.3, -0.25) is 0 Å². The molecule has 0 fully saturated rings. The smallest absolute Gasteiger partial charge is 0.416 e. The Labute approximate surface area is 160 Å². The van der Waals surface area contributed by atoms with Gasteiger partial charge in [-0.15, -0.1) is 0 Å². The predicted molar refractivity (Wildman–Crippen MR) is 95.5 cm³/mol. The molecule has 0 aromatic heterocycles. The lowest BCUT2D eigenvalue weighted by molar-refractivity contribution is -0.150. The Morgan fingerprint density at radius 1 is 1.07 bits per heavy atom. The summed E-state index contributed by atoms with van der Waals surface area (Å²) in [4.78, 5) is 11.2. The third-order valence-corrected chi connectivity index (χ3v) is 3.97. The van der Waals surface area contributed by atoms with Crippen molar-refractivity contribution in [1.82, 2.24) is 0 Å². The number of alkyl halides is 3. The van der Waals surface area contributed by atoms with Crippen LogP contribution in [-0.2, 0) is 28.7 Å². The summed E-state index contributed by atoms with van der Waals surface area (Å²) in [6.07, 6.45) is -5.23. The molecule has 0 spiro atoms. The monoisotopic (exact) mass is 398 g/mol. The highest BCUT2D eigenvalue weighted by atomic mass is 19.4. The van der Waals surface area contributed by atoms with Crippen LogP contribution in [-0.4, -0.2) is 30.9 Å². The second-order valence-electron chi connectivity index (χ2n) is 5.95. The molecule has 0 aliphatic rings. The first-order valence-electron chi connectivity index (χ1n) is 8.54. The van der Waals surface area contributed by atoms with E-state index >= 15 is 0 Å². The molecule has 2 aromatic rings. The van der Waals surface area contributed by atoms with E-state index in [0.717, 1.165) is 12.1 Å². The van der Waals surface area contributed by atoms with Crippen molar-refractivity contribution in [3.63, 3.8) is 0 Å². The van der Waals surface area contributed by atoms with Gasteiger partial charge in [0.15, 0.2) is 17.6 Å². The van der Waals surface area contributed by atoms with Gasteiger partial charge in [0.25, 0.3) is 0 Å². The molecular formula is C20H21F3O5. The van der Waals surface area contributed by atoms with Crippen molar-refractivity contribution in [2.75, 3.05) is 13.7 Å². The Bertz CT molecular complexity index is 787. The molecule has 0 bridgehead atoms. The van der Waals surface area contributed by atoms with Crippen LogP contribution in [0, 0.1) is 0 Å². The number of methoxy groups -OCH3 is 1. The van der Waals surface area contributed by atoms with E-state index in [1.165, 1.54) is 19.2 Å². The number of ether oxygens (including phenoxy) is 3. The van der Waals surface area contributed by atoms with Gasteiger partial charge in [-0.2, -0.15) is 13.2 Å². The predicted octanol–water partition coefficient (Wildman–Crippen LogP) is 4.33. The normalized spacial score (nSPS) is 12.5. The minimum absolute atomic E-state index is 0.0335. The maximum Gasteiger partial charge on any atom is 0.416 e. The third-order valence-electron chi connectivity index (χ3n) is 3.97. The lowest BCUT2D eigenvalue weighted by atomic mass is 10.1. The van der Waals surface area contributed by atoms with Crippen LogP contribution >= 0.6 is 0 Å². The number of aliphatic carboxylic acids is 1. The zero-order valence-corrected chi connectivity index (χ0v) is 15.5. The Balaban J connectivity index is 2.12. The van der Waals surface area contributed by atoms with E-state index < -0.39 is 23.8 Å². The van der Waals surface area contributed by atoms with Gasteiger partial charge >= 0.3 is 12.1 Å². The molecule has 0 saturated carbocycles. The zero-order valence-electron chi connectivity index (χ0n) is 15.5. The number of hydrogen-bond donors (Lipinski definition) is 1. The average molecular weight is 398 g/mol. The Kier molecular flexibility index (Phi) is 7.28. The lowest BCUT2D eigenvalue weighted by Gasteiger charge is -2.15. The van der Waals surface area contributed by atoms with Gasteiger partial charge in [0.1, 0.15) is 6.61 Å². The molecule has 5 nitrogen and oxygen atoms in total. The van der Waals surface area contributed by atoms with Crippen LogP contribution in [0.2, 0.25) is 0 Å². The maximum absolute atomic E-state index is 12.6. The third kappa shape index (κ3) is 5.88. The van der Waals surface area contributed by atoms with Crippen LogP contribution in [0.15, 0.2) is 42.5 Å². The fraction of sp³-hybridized carbons (Fsp3) is 0.350. The van der Waals surface area contributed by atoms with Crippen LogP contribution in [0.4, 0.5) is 13.2 Å². The molecule has 0 amide bonds.